The first-order valence-corrected chi connectivity index (χ1v) is 10.2. The number of benzene rings is 2. The molecule has 2 aromatic rings. The maximum absolute atomic E-state index is 5.64. The minimum absolute atomic E-state index is 0. The molecule has 0 bridgehead atoms. The predicted molar refractivity (Wildman–Crippen MR) is 136 cm³/mol. The summed E-state index contributed by atoms with van der Waals surface area (Å²) in [7, 11) is 3.40. The SMILES string of the molecule is CCOc1cc(NC(=NC)NCc2ccc(CN(CC)CC)cc2)ccc1OC.I. The van der Waals surface area contributed by atoms with E-state index in [1.165, 1.54) is 11.1 Å². The number of aliphatic imine (C=N–C) groups is 1. The van der Waals surface area contributed by atoms with Crippen LogP contribution in [0.4, 0.5) is 5.69 Å². The van der Waals surface area contributed by atoms with Crippen LogP contribution in [0.15, 0.2) is 47.5 Å². The Morgan fingerprint density at radius 1 is 0.967 bits per heavy atom. The monoisotopic (exact) mass is 526 g/mol. The maximum Gasteiger partial charge on any atom is 0.195 e. The molecular formula is C23H35IN4O2. The van der Waals surface area contributed by atoms with E-state index >= 15 is 0 Å². The predicted octanol–water partition coefficient (Wildman–Crippen LogP) is 4.74. The second-order valence-corrected chi connectivity index (χ2v) is 6.63. The second-order valence-electron chi connectivity index (χ2n) is 6.63. The van der Waals surface area contributed by atoms with Gasteiger partial charge in [0.15, 0.2) is 17.5 Å². The van der Waals surface area contributed by atoms with Gasteiger partial charge in [0.2, 0.25) is 0 Å². The lowest BCUT2D eigenvalue weighted by Crippen LogP contribution is -2.30. The normalized spacial score (nSPS) is 11.1. The molecule has 0 spiro atoms. The van der Waals surface area contributed by atoms with Crippen LogP contribution >= 0.6 is 24.0 Å². The van der Waals surface area contributed by atoms with Gasteiger partial charge in [-0.15, -0.1) is 24.0 Å². The fraction of sp³-hybridized carbons (Fsp3) is 0.435. The standard InChI is InChI=1S/C23H34N4O2.HI/c1-6-27(7-2)17-19-11-9-18(10-12-19)16-25-23(24-4)26-20-13-14-21(28-5)22(15-20)29-8-3;/h9-15H,6-8,16-17H2,1-5H3,(H2,24,25,26);1H. The molecule has 0 fully saturated rings. The van der Waals surface area contributed by atoms with Crippen LogP contribution in [-0.2, 0) is 13.1 Å². The van der Waals surface area contributed by atoms with Crippen molar-refractivity contribution in [1.82, 2.24) is 10.2 Å². The molecule has 0 aliphatic carbocycles. The molecule has 7 heteroatoms. The Labute approximate surface area is 198 Å². The van der Waals surface area contributed by atoms with E-state index in [-0.39, 0.29) is 24.0 Å². The number of methoxy groups -OCH3 is 1. The minimum atomic E-state index is 0. The van der Waals surface area contributed by atoms with Crippen molar-refractivity contribution < 1.29 is 9.47 Å². The molecule has 2 aromatic carbocycles. The molecule has 0 amide bonds. The molecule has 6 nitrogen and oxygen atoms in total. The lowest BCUT2D eigenvalue weighted by molar-refractivity contribution is 0.296. The number of rotatable bonds is 10. The number of hydrogen-bond donors (Lipinski definition) is 2. The van der Waals surface area contributed by atoms with E-state index in [4.69, 9.17) is 9.47 Å². The van der Waals surface area contributed by atoms with Gasteiger partial charge in [0.05, 0.1) is 13.7 Å². The van der Waals surface area contributed by atoms with Crippen molar-refractivity contribution >= 4 is 35.6 Å². The van der Waals surface area contributed by atoms with Crippen molar-refractivity contribution in [1.29, 1.82) is 0 Å². The topological polar surface area (TPSA) is 58.1 Å². The molecule has 0 atom stereocenters. The average Bonchev–Trinajstić information content (AvgIpc) is 2.76. The average molecular weight is 526 g/mol. The van der Waals surface area contributed by atoms with Crippen molar-refractivity contribution in [3.05, 3.63) is 53.6 Å². The van der Waals surface area contributed by atoms with Crippen molar-refractivity contribution in [2.75, 3.05) is 39.2 Å². The van der Waals surface area contributed by atoms with Gasteiger partial charge in [0.25, 0.3) is 0 Å². The first kappa shape index (κ1) is 26.0. The zero-order chi connectivity index (χ0) is 21.1. The molecule has 30 heavy (non-hydrogen) atoms. The van der Waals surface area contributed by atoms with Gasteiger partial charge in [-0.05, 0) is 43.3 Å². The molecule has 0 unspecified atom stereocenters. The van der Waals surface area contributed by atoms with Crippen LogP contribution in [0.5, 0.6) is 11.5 Å². The molecule has 2 rings (SSSR count). The molecule has 166 valence electrons. The van der Waals surface area contributed by atoms with Gasteiger partial charge in [0.1, 0.15) is 0 Å². The number of guanidine groups is 1. The van der Waals surface area contributed by atoms with Gasteiger partial charge in [-0.1, -0.05) is 38.1 Å². The molecule has 0 aliphatic heterocycles. The largest absolute Gasteiger partial charge is 0.493 e. The van der Waals surface area contributed by atoms with E-state index in [0.29, 0.717) is 30.6 Å². The molecular weight excluding hydrogens is 491 g/mol. The van der Waals surface area contributed by atoms with Crippen LogP contribution in [-0.4, -0.2) is 44.7 Å². The lowest BCUT2D eigenvalue weighted by atomic mass is 10.1. The highest BCUT2D eigenvalue weighted by molar-refractivity contribution is 14.0. The van der Waals surface area contributed by atoms with E-state index in [9.17, 15) is 0 Å². The van der Waals surface area contributed by atoms with Gasteiger partial charge in [-0.3, -0.25) is 9.89 Å². The molecule has 0 aromatic heterocycles. The van der Waals surface area contributed by atoms with Gasteiger partial charge >= 0.3 is 0 Å². The molecule has 0 saturated carbocycles. The summed E-state index contributed by atoms with van der Waals surface area (Å²) < 4.78 is 11.0. The number of ether oxygens (including phenoxy) is 2. The first-order chi connectivity index (χ1) is 14.1. The lowest BCUT2D eigenvalue weighted by Gasteiger charge is -2.18. The van der Waals surface area contributed by atoms with E-state index in [0.717, 1.165) is 25.3 Å². The van der Waals surface area contributed by atoms with Gasteiger partial charge in [-0.25, -0.2) is 0 Å². The summed E-state index contributed by atoms with van der Waals surface area (Å²) in [5.74, 6) is 2.12. The zero-order valence-corrected chi connectivity index (χ0v) is 21.0. The van der Waals surface area contributed by atoms with Crippen LogP contribution in [0.3, 0.4) is 0 Å². The van der Waals surface area contributed by atoms with Crippen molar-refractivity contribution in [3.8, 4) is 11.5 Å². The Kier molecular flexibility index (Phi) is 12.2. The van der Waals surface area contributed by atoms with E-state index in [1.807, 2.05) is 25.1 Å². The number of nitrogens with one attached hydrogen (secondary N) is 2. The summed E-state index contributed by atoms with van der Waals surface area (Å²) in [5.41, 5.74) is 3.43. The molecule has 2 N–H and O–H groups in total. The Hall–Kier alpha value is -2.00. The van der Waals surface area contributed by atoms with Crippen molar-refractivity contribution in [3.63, 3.8) is 0 Å². The zero-order valence-electron chi connectivity index (χ0n) is 18.7. The molecule has 0 aliphatic rings. The summed E-state index contributed by atoms with van der Waals surface area (Å²) in [5, 5.41) is 6.65. The molecule has 0 saturated heterocycles. The van der Waals surface area contributed by atoms with Crippen molar-refractivity contribution in [2.24, 2.45) is 4.99 Å². The van der Waals surface area contributed by atoms with Crippen LogP contribution in [0, 0.1) is 0 Å². The van der Waals surface area contributed by atoms with Crippen LogP contribution in [0.2, 0.25) is 0 Å². The molecule has 0 heterocycles. The number of anilines is 1. The van der Waals surface area contributed by atoms with Crippen molar-refractivity contribution in [2.45, 2.75) is 33.9 Å². The highest BCUT2D eigenvalue weighted by Gasteiger charge is 2.07. The third-order valence-electron chi connectivity index (χ3n) is 4.73. The maximum atomic E-state index is 5.64. The van der Waals surface area contributed by atoms with Crippen LogP contribution < -0.4 is 20.1 Å². The fourth-order valence-electron chi connectivity index (χ4n) is 2.99. The van der Waals surface area contributed by atoms with E-state index in [1.54, 1.807) is 14.2 Å². The summed E-state index contributed by atoms with van der Waals surface area (Å²) in [6.07, 6.45) is 0. The smallest absolute Gasteiger partial charge is 0.195 e. The van der Waals surface area contributed by atoms with E-state index < -0.39 is 0 Å². The highest BCUT2D eigenvalue weighted by Crippen LogP contribution is 2.30. The summed E-state index contributed by atoms with van der Waals surface area (Å²) in [6.45, 7) is 10.7. The highest BCUT2D eigenvalue weighted by atomic mass is 127. The second kappa shape index (κ2) is 14.1. The van der Waals surface area contributed by atoms with Crippen LogP contribution in [0.25, 0.3) is 0 Å². The summed E-state index contributed by atoms with van der Waals surface area (Å²) in [4.78, 5) is 6.72. The third kappa shape index (κ3) is 8.02. The minimum Gasteiger partial charge on any atom is -0.493 e. The molecule has 0 radical (unpaired) electrons. The quantitative estimate of drug-likeness (QED) is 0.266. The van der Waals surface area contributed by atoms with E-state index in [2.05, 4.69) is 58.6 Å². The summed E-state index contributed by atoms with van der Waals surface area (Å²) >= 11 is 0. The number of nitrogens with zero attached hydrogens (tertiary/aromatic N) is 2. The van der Waals surface area contributed by atoms with Gasteiger partial charge < -0.3 is 20.1 Å². The Balaban J connectivity index is 0.00000450. The fourth-order valence-corrected chi connectivity index (χ4v) is 2.99. The van der Waals surface area contributed by atoms with Gasteiger partial charge in [-0.2, -0.15) is 0 Å². The third-order valence-corrected chi connectivity index (χ3v) is 4.73. The number of hydrogen-bond acceptors (Lipinski definition) is 4. The number of halogens is 1. The Morgan fingerprint density at radius 2 is 1.63 bits per heavy atom. The van der Waals surface area contributed by atoms with Crippen LogP contribution in [0.1, 0.15) is 31.9 Å². The summed E-state index contributed by atoms with van der Waals surface area (Å²) in [6, 6.07) is 14.5. The van der Waals surface area contributed by atoms with Gasteiger partial charge in [0, 0.05) is 31.9 Å². The Morgan fingerprint density at radius 3 is 2.20 bits per heavy atom. The Bertz CT molecular complexity index is 777. The first-order valence-electron chi connectivity index (χ1n) is 10.2.